The van der Waals surface area contributed by atoms with Gasteiger partial charge in [-0.1, -0.05) is 13.8 Å². The van der Waals surface area contributed by atoms with Crippen LogP contribution in [0, 0.1) is 17.2 Å². The van der Waals surface area contributed by atoms with Crippen LogP contribution in [-0.2, 0) is 0 Å². The number of anilines is 2. The Hall–Kier alpha value is -1.21. The second-order valence-corrected chi connectivity index (χ2v) is 6.10. The van der Waals surface area contributed by atoms with Gasteiger partial charge in [-0.25, -0.2) is 0 Å². The number of nitrogen functional groups attached to an aromatic ring is 1. The van der Waals surface area contributed by atoms with E-state index in [2.05, 4.69) is 25.2 Å². The highest BCUT2D eigenvalue weighted by Crippen LogP contribution is 2.50. The molecule has 0 amide bonds. The summed E-state index contributed by atoms with van der Waals surface area (Å²) in [4.78, 5) is 0.666. The van der Waals surface area contributed by atoms with Crippen molar-refractivity contribution in [3.05, 3.63) is 10.4 Å². The van der Waals surface area contributed by atoms with Crippen molar-refractivity contribution in [2.45, 2.75) is 39.0 Å². The zero-order valence-electron chi connectivity index (χ0n) is 10.4. The number of hydrogen-bond donors (Lipinski definition) is 2. The lowest BCUT2D eigenvalue weighted by Gasteiger charge is -2.08. The summed E-state index contributed by atoms with van der Waals surface area (Å²) >= 11 is 1.51. The standard InChI is InChI=1S/C13H19N3S/c1-8(2)5-6-16-13-11(9-3-4-9)12(15)10(7-14)17-13/h8-9,16H,3-6,15H2,1-2H3. The van der Waals surface area contributed by atoms with Gasteiger partial charge in [0.1, 0.15) is 10.9 Å². The summed E-state index contributed by atoms with van der Waals surface area (Å²) in [6.45, 7) is 5.39. The molecule has 4 heteroatoms. The SMILES string of the molecule is CC(C)CCNc1sc(C#N)c(N)c1C1CC1. The van der Waals surface area contributed by atoms with E-state index in [4.69, 9.17) is 11.0 Å². The third-order valence-corrected chi connectivity index (χ3v) is 4.16. The maximum Gasteiger partial charge on any atom is 0.130 e. The first-order valence-corrected chi connectivity index (χ1v) is 7.01. The summed E-state index contributed by atoms with van der Waals surface area (Å²) in [5, 5.41) is 13.6. The van der Waals surface area contributed by atoms with Crippen LogP contribution in [0.25, 0.3) is 0 Å². The summed E-state index contributed by atoms with van der Waals surface area (Å²) in [5.74, 6) is 1.29. The molecule has 1 saturated carbocycles. The Kier molecular flexibility index (Phi) is 3.58. The van der Waals surface area contributed by atoms with Crippen molar-refractivity contribution in [3.8, 4) is 6.07 Å². The highest BCUT2D eigenvalue weighted by Gasteiger charge is 2.31. The molecule has 2 rings (SSSR count). The minimum Gasteiger partial charge on any atom is -0.397 e. The van der Waals surface area contributed by atoms with Crippen LogP contribution in [0.3, 0.4) is 0 Å². The van der Waals surface area contributed by atoms with Gasteiger partial charge >= 0.3 is 0 Å². The van der Waals surface area contributed by atoms with Crippen LogP contribution in [0.15, 0.2) is 0 Å². The lowest BCUT2D eigenvalue weighted by Crippen LogP contribution is -2.05. The van der Waals surface area contributed by atoms with Crippen LogP contribution in [0.5, 0.6) is 0 Å². The van der Waals surface area contributed by atoms with Gasteiger partial charge in [0.05, 0.1) is 10.7 Å². The Morgan fingerprint density at radius 1 is 1.53 bits per heavy atom. The summed E-state index contributed by atoms with van der Waals surface area (Å²) in [5.41, 5.74) is 7.95. The molecule has 3 N–H and O–H groups in total. The van der Waals surface area contributed by atoms with Gasteiger partial charge in [0.15, 0.2) is 0 Å². The number of nitrogens with one attached hydrogen (secondary N) is 1. The van der Waals surface area contributed by atoms with Gasteiger partial charge in [0, 0.05) is 12.1 Å². The highest BCUT2D eigenvalue weighted by molar-refractivity contribution is 7.17. The molecule has 1 heterocycles. The van der Waals surface area contributed by atoms with Gasteiger partial charge in [0.2, 0.25) is 0 Å². The molecule has 0 saturated heterocycles. The molecule has 3 nitrogen and oxygen atoms in total. The topological polar surface area (TPSA) is 61.8 Å². The molecule has 0 unspecified atom stereocenters. The minimum absolute atomic E-state index is 0.592. The number of hydrogen-bond acceptors (Lipinski definition) is 4. The molecule has 0 spiro atoms. The number of nitrogens with zero attached hydrogens (tertiary/aromatic N) is 1. The second-order valence-electron chi connectivity index (χ2n) is 5.08. The van der Waals surface area contributed by atoms with Crippen molar-refractivity contribution in [2.24, 2.45) is 5.92 Å². The van der Waals surface area contributed by atoms with Crippen molar-refractivity contribution < 1.29 is 0 Å². The average molecular weight is 249 g/mol. The molecule has 1 aromatic heterocycles. The van der Waals surface area contributed by atoms with E-state index in [1.807, 2.05) is 0 Å². The number of rotatable bonds is 5. The Bertz CT molecular complexity index is 438. The summed E-state index contributed by atoms with van der Waals surface area (Å²) < 4.78 is 0. The van der Waals surface area contributed by atoms with Crippen molar-refractivity contribution in [1.29, 1.82) is 5.26 Å². The van der Waals surface area contributed by atoms with E-state index >= 15 is 0 Å². The van der Waals surface area contributed by atoms with Crippen molar-refractivity contribution in [3.63, 3.8) is 0 Å². The van der Waals surface area contributed by atoms with Crippen LogP contribution in [0.4, 0.5) is 10.7 Å². The van der Waals surface area contributed by atoms with Crippen molar-refractivity contribution in [1.82, 2.24) is 0 Å². The summed E-state index contributed by atoms with van der Waals surface area (Å²) in [7, 11) is 0. The predicted molar refractivity (Wildman–Crippen MR) is 73.4 cm³/mol. The van der Waals surface area contributed by atoms with E-state index in [9.17, 15) is 0 Å². The van der Waals surface area contributed by atoms with Gasteiger partial charge in [-0.3, -0.25) is 0 Å². The molecule has 1 aliphatic carbocycles. The predicted octanol–water partition coefficient (Wildman–Crippen LogP) is 3.54. The Labute approximate surface area is 107 Å². The largest absolute Gasteiger partial charge is 0.397 e. The fourth-order valence-corrected chi connectivity index (χ4v) is 2.95. The third kappa shape index (κ3) is 2.73. The molecular formula is C13H19N3S. The zero-order chi connectivity index (χ0) is 12.4. The molecule has 0 aliphatic heterocycles. The van der Waals surface area contributed by atoms with Gasteiger partial charge in [0.25, 0.3) is 0 Å². The molecule has 0 aromatic carbocycles. The van der Waals surface area contributed by atoms with E-state index < -0.39 is 0 Å². The van der Waals surface area contributed by atoms with Crippen LogP contribution in [-0.4, -0.2) is 6.54 Å². The number of nitriles is 1. The normalized spacial score (nSPS) is 14.9. The van der Waals surface area contributed by atoms with Crippen molar-refractivity contribution in [2.75, 3.05) is 17.6 Å². The molecule has 0 atom stereocenters. The fraction of sp³-hybridized carbons (Fsp3) is 0.615. The lowest BCUT2D eigenvalue weighted by molar-refractivity contribution is 0.607. The smallest absolute Gasteiger partial charge is 0.130 e. The molecule has 0 radical (unpaired) electrons. The number of thiophene rings is 1. The molecule has 1 aromatic rings. The summed E-state index contributed by atoms with van der Waals surface area (Å²) in [6.07, 6.45) is 3.57. The lowest BCUT2D eigenvalue weighted by atomic mass is 10.1. The minimum atomic E-state index is 0.592. The van der Waals surface area contributed by atoms with Crippen molar-refractivity contribution >= 4 is 22.0 Å². The first-order valence-electron chi connectivity index (χ1n) is 6.19. The Balaban J connectivity index is 2.12. The van der Waals surface area contributed by atoms with Gasteiger partial charge < -0.3 is 11.1 Å². The molecule has 92 valence electrons. The van der Waals surface area contributed by atoms with Crippen LogP contribution in [0.1, 0.15) is 49.5 Å². The van der Waals surface area contributed by atoms with Crippen LogP contribution >= 0.6 is 11.3 Å². The maximum atomic E-state index is 9.02. The Morgan fingerprint density at radius 2 is 2.24 bits per heavy atom. The van der Waals surface area contributed by atoms with Gasteiger partial charge in [-0.05, 0) is 31.1 Å². The van der Waals surface area contributed by atoms with Gasteiger partial charge in [-0.15, -0.1) is 11.3 Å². The zero-order valence-corrected chi connectivity index (χ0v) is 11.2. The van der Waals surface area contributed by atoms with Crippen LogP contribution in [0.2, 0.25) is 0 Å². The van der Waals surface area contributed by atoms with Gasteiger partial charge in [-0.2, -0.15) is 5.26 Å². The average Bonchev–Trinajstić information content (AvgIpc) is 3.04. The monoisotopic (exact) mass is 249 g/mol. The first kappa shape index (κ1) is 12.3. The molecule has 1 fully saturated rings. The van der Waals surface area contributed by atoms with Crippen LogP contribution < -0.4 is 11.1 Å². The molecule has 17 heavy (non-hydrogen) atoms. The molecule has 1 aliphatic rings. The first-order chi connectivity index (χ1) is 8.13. The second kappa shape index (κ2) is 4.97. The van der Waals surface area contributed by atoms with E-state index in [1.54, 1.807) is 0 Å². The highest BCUT2D eigenvalue weighted by atomic mass is 32.1. The fourth-order valence-electron chi connectivity index (χ4n) is 1.92. The molecule has 0 bridgehead atoms. The molecular weight excluding hydrogens is 230 g/mol. The Morgan fingerprint density at radius 3 is 2.76 bits per heavy atom. The maximum absolute atomic E-state index is 9.02. The van der Waals surface area contributed by atoms with E-state index in [1.165, 1.54) is 29.7 Å². The third-order valence-electron chi connectivity index (χ3n) is 3.08. The quantitative estimate of drug-likeness (QED) is 0.839. The van der Waals surface area contributed by atoms with E-state index in [0.29, 0.717) is 22.4 Å². The summed E-state index contributed by atoms with van der Waals surface area (Å²) in [6, 6.07) is 2.19. The van der Waals surface area contributed by atoms with E-state index in [-0.39, 0.29) is 0 Å². The number of nitrogens with two attached hydrogens (primary N) is 1. The van der Waals surface area contributed by atoms with E-state index in [0.717, 1.165) is 18.0 Å².